The van der Waals surface area contributed by atoms with Gasteiger partial charge in [-0.25, -0.2) is 0 Å². The van der Waals surface area contributed by atoms with Crippen LogP contribution in [0.3, 0.4) is 0 Å². The van der Waals surface area contributed by atoms with Crippen molar-refractivity contribution in [2.75, 3.05) is 5.75 Å². The summed E-state index contributed by atoms with van der Waals surface area (Å²) in [5.74, 6) is -1.56. The minimum absolute atomic E-state index is 0.267. The molecule has 0 aromatic rings. The molecule has 3 unspecified atom stereocenters. The average Bonchev–Trinajstić information content (AvgIpc) is 3.09. The Labute approximate surface area is 315 Å². The fourth-order valence-corrected chi connectivity index (χ4v) is 7.08. The fraction of sp³-hybridized carbons (Fsp3) is 0.837. The molecule has 300 valence electrons. The summed E-state index contributed by atoms with van der Waals surface area (Å²) in [5, 5.41) is 23.3. The third kappa shape index (κ3) is 36.7. The number of nitrogens with one attached hydrogen (secondary N) is 1. The topological polar surface area (TPSA) is 124 Å². The van der Waals surface area contributed by atoms with Gasteiger partial charge in [0.05, 0.1) is 17.9 Å². The van der Waals surface area contributed by atoms with E-state index in [-0.39, 0.29) is 6.42 Å². The Morgan fingerprint density at radius 3 is 1.29 bits per heavy atom. The van der Waals surface area contributed by atoms with Crippen LogP contribution in [0.2, 0.25) is 0 Å². The first-order valence-corrected chi connectivity index (χ1v) is 22.9. The van der Waals surface area contributed by atoms with Crippen molar-refractivity contribution in [3.63, 3.8) is 0 Å². The van der Waals surface area contributed by atoms with E-state index >= 15 is 0 Å². The molecule has 3 atom stereocenters. The molecule has 0 heterocycles. The maximum atomic E-state index is 12.6. The SMILES string of the molecule is CCCCCCCC/C=C/CC/C=C/C(O)C(CS(=O)(=O)O)NC(=O)C(O)CCCCCCCC/C=C\CCCCCCCCCCCCCC. The van der Waals surface area contributed by atoms with Crippen molar-refractivity contribution in [3.05, 3.63) is 36.5 Å². The Hall–Kier alpha value is -1.48. The number of aliphatic hydroxyl groups is 2. The molecule has 0 saturated carbocycles. The molecule has 0 aliphatic carbocycles. The number of amides is 1. The Morgan fingerprint density at radius 1 is 0.529 bits per heavy atom. The lowest BCUT2D eigenvalue weighted by atomic mass is 10.0. The smallest absolute Gasteiger partial charge is 0.267 e. The number of allylic oxidation sites excluding steroid dienone is 5. The molecule has 0 rings (SSSR count). The Morgan fingerprint density at radius 2 is 0.882 bits per heavy atom. The number of carbonyl (C=O) groups excluding carboxylic acids is 1. The lowest BCUT2D eigenvalue weighted by molar-refractivity contribution is -0.130. The maximum absolute atomic E-state index is 12.6. The van der Waals surface area contributed by atoms with E-state index in [1.54, 1.807) is 6.08 Å². The van der Waals surface area contributed by atoms with Gasteiger partial charge in [0.15, 0.2) is 0 Å². The van der Waals surface area contributed by atoms with E-state index in [0.717, 1.165) is 38.5 Å². The van der Waals surface area contributed by atoms with Crippen LogP contribution in [0.5, 0.6) is 0 Å². The second-order valence-electron chi connectivity index (χ2n) is 14.8. The largest absolute Gasteiger partial charge is 0.387 e. The number of unbranched alkanes of at least 4 members (excludes halogenated alkanes) is 25. The molecule has 7 nitrogen and oxygen atoms in total. The maximum Gasteiger partial charge on any atom is 0.267 e. The summed E-state index contributed by atoms with van der Waals surface area (Å²) in [6, 6.07) is -1.25. The summed E-state index contributed by atoms with van der Waals surface area (Å²) in [5.41, 5.74) is 0. The van der Waals surface area contributed by atoms with Crippen molar-refractivity contribution >= 4 is 16.0 Å². The molecule has 0 aromatic heterocycles. The quantitative estimate of drug-likeness (QED) is 0.0284. The number of aliphatic hydroxyl groups excluding tert-OH is 2. The van der Waals surface area contributed by atoms with E-state index in [2.05, 4.69) is 43.5 Å². The number of hydrogen-bond donors (Lipinski definition) is 4. The van der Waals surface area contributed by atoms with Crippen LogP contribution >= 0.6 is 0 Å². The van der Waals surface area contributed by atoms with Crippen molar-refractivity contribution < 1.29 is 28.0 Å². The summed E-state index contributed by atoms with van der Waals surface area (Å²) in [4.78, 5) is 12.6. The lowest BCUT2D eigenvalue weighted by Crippen LogP contribution is -2.50. The van der Waals surface area contributed by atoms with E-state index in [9.17, 15) is 28.0 Å². The van der Waals surface area contributed by atoms with Gasteiger partial charge >= 0.3 is 0 Å². The molecule has 0 saturated heterocycles. The van der Waals surface area contributed by atoms with Crippen LogP contribution in [-0.2, 0) is 14.9 Å². The second kappa shape index (κ2) is 36.9. The van der Waals surface area contributed by atoms with Crippen molar-refractivity contribution in [3.8, 4) is 0 Å². The first kappa shape index (κ1) is 49.5. The Bertz CT molecular complexity index is 964. The number of rotatable bonds is 38. The van der Waals surface area contributed by atoms with E-state index in [1.807, 2.05) is 0 Å². The van der Waals surface area contributed by atoms with Gasteiger partial charge in [0.2, 0.25) is 5.91 Å². The van der Waals surface area contributed by atoms with E-state index in [4.69, 9.17) is 0 Å². The third-order valence-electron chi connectivity index (χ3n) is 9.65. The van der Waals surface area contributed by atoms with Crippen LogP contribution in [0.25, 0.3) is 0 Å². The lowest BCUT2D eigenvalue weighted by Gasteiger charge is -2.22. The molecule has 0 spiro atoms. The minimum Gasteiger partial charge on any atom is -0.387 e. The number of hydrogen-bond acceptors (Lipinski definition) is 5. The van der Waals surface area contributed by atoms with Crippen molar-refractivity contribution in [2.45, 2.75) is 225 Å². The van der Waals surface area contributed by atoms with Crippen LogP contribution in [-0.4, -0.2) is 53.1 Å². The highest BCUT2D eigenvalue weighted by Gasteiger charge is 2.27. The molecular weight excluding hydrogens is 659 g/mol. The van der Waals surface area contributed by atoms with Crippen LogP contribution in [0.15, 0.2) is 36.5 Å². The molecule has 0 aliphatic rings. The standard InChI is InChI=1S/C43H81NO6S/c1-3-5-7-9-11-13-15-17-18-19-20-21-22-23-24-25-26-28-30-32-34-36-38-42(46)43(47)44-40(39-51(48,49)50)41(45)37-35-33-31-29-27-16-14-12-10-8-6-4-2/h23-24,27,29,35,37,40-42,45-46H,3-22,25-26,28,30-34,36,38-39H2,1-2H3,(H,44,47)(H,48,49,50)/b24-23-,29-27+,37-35+. The first-order valence-electron chi connectivity index (χ1n) is 21.3. The number of carbonyl (C=O) groups is 1. The minimum atomic E-state index is -4.45. The van der Waals surface area contributed by atoms with Gasteiger partial charge in [-0.15, -0.1) is 0 Å². The van der Waals surface area contributed by atoms with Crippen LogP contribution in [0.4, 0.5) is 0 Å². The first-order chi connectivity index (χ1) is 24.7. The molecular formula is C43H81NO6S. The monoisotopic (exact) mass is 740 g/mol. The van der Waals surface area contributed by atoms with Gasteiger partial charge in [-0.2, -0.15) is 8.42 Å². The van der Waals surface area contributed by atoms with Gasteiger partial charge in [-0.05, 0) is 57.8 Å². The van der Waals surface area contributed by atoms with Gasteiger partial charge in [0, 0.05) is 0 Å². The molecule has 51 heavy (non-hydrogen) atoms. The van der Waals surface area contributed by atoms with Gasteiger partial charge < -0.3 is 15.5 Å². The Balaban J connectivity index is 3.98. The van der Waals surface area contributed by atoms with Crippen molar-refractivity contribution in [1.82, 2.24) is 5.32 Å². The summed E-state index contributed by atoms with van der Waals surface area (Å²) in [6.45, 7) is 4.49. The zero-order valence-corrected chi connectivity index (χ0v) is 33.9. The predicted molar refractivity (Wildman–Crippen MR) is 218 cm³/mol. The fourth-order valence-electron chi connectivity index (χ4n) is 6.35. The molecule has 0 fully saturated rings. The van der Waals surface area contributed by atoms with Gasteiger partial charge in [-0.3, -0.25) is 9.35 Å². The molecule has 1 amide bonds. The van der Waals surface area contributed by atoms with Gasteiger partial charge in [0.1, 0.15) is 6.10 Å². The molecule has 0 radical (unpaired) electrons. The highest BCUT2D eigenvalue weighted by atomic mass is 32.2. The summed E-state index contributed by atoms with van der Waals surface area (Å²) in [7, 11) is -4.45. The highest BCUT2D eigenvalue weighted by Crippen LogP contribution is 2.14. The Kier molecular flexibility index (Phi) is 35.8. The summed E-state index contributed by atoms with van der Waals surface area (Å²) < 4.78 is 32.5. The summed E-state index contributed by atoms with van der Waals surface area (Å²) >= 11 is 0. The van der Waals surface area contributed by atoms with Crippen LogP contribution < -0.4 is 5.32 Å². The normalized spacial score (nSPS) is 14.2. The van der Waals surface area contributed by atoms with Crippen molar-refractivity contribution in [2.24, 2.45) is 0 Å². The predicted octanol–water partition coefficient (Wildman–Crippen LogP) is 11.5. The zero-order valence-electron chi connectivity index (χ0n) is 33.1. The van der Waals surface area contributed by atoms with Gasteiger partial charge in [-0.1, -0.05) is 185 Å². The highest BCUT2D eigenvalue weighted by molar-refractivity contribution is 7.85. The molecule has 0 aliphatic heterocycles. The van der Waals surface area contributed by atoms with E-state index in [1.165, 1.54) is 141 Å². The van der Waals surface area contributed by atoms with Crippen LogP contribution in [0.1, 0.15) is 206 Å². The molecule has 0 bridgehead atoms. The molecule has 4 N–H and O–H groups in total. The second-order valence-corrected chi connectivity index (χ2v) is 16.2. The zero-order chi connectivity index (χ0) is 37.7. The van der Waals surface area contributed by atoms with E-state index in [0.29, 0.717) is 12.8 Å². The summed E-state index contributed by atoms with van der Waals surface area (Å²) in [6.07, 6.45) is 45.0. The van der Waals surface area contributed by atoms with Gasteiger partial charge in [0.25, 0.3) is 10.1 Å². The van der Waals surface area contributed by atoms with E-state index < -0.39 is 40.0 Å². The van der Waals surface area contributed by atoms with Crippen molar-refractivity contribution in [1.29, 1.82) is 0 Å². The third-order valence-corrected chi connectivity index (χ3v) is 10.4. The average molecular weight is 740 g/mol. The van der Waals surface area contributed by atoms with Crippen LogP contribution in [0, 0.1) is 0 Å². The molecule has 0 aromatic carbocycles. The molecule has 8 heteroatoms.